The molecule has 0 radical (unpaired) electrons. The summed E-state index contributed by atoms with van der Waals surface area (Å²) in [7, 11) is 0. The first-order chi connectivity index (χ1) is 7.63. The molecule has 0 bridgehead atoms. The number of aliphatic carboxylic acids is 1. The van der Waals surface area contributed by atoms with Gasteiger partial charge in [-0.2, -0.15) is 0 Å². The van der Waals surface area contributed by atoms with E-state index in [1.165, 1.54) is 0 Å². The lowest BCUT2D eigenvalue weighted by Crippen LogP contribution is -2.27. The Labute approximate surface area is 95.0 Å². The highest BCUT2D eigenvalue weighted by Crippen LogP contribution is 2.16. The second-order valence-corrected chi connectivity index (χ2v) is 3.69. The van der Waals surface area contributed by atoms with Crippen LogP contribution in [0.25, 0.3) is 0 Å². The summed E-state index contributed by atoms with van der Waals surface area (Å²) in [6.45, 7) is 2.41. The van der Waals surface area contributed by atoms with Crippen LogP contribution in [0.2, 0.25) is 0 Å². The van der Waals surface area contributed by atoms with Crippen molar-refractivity contribution in [3.05, 3.63) is 29.8 Å². The summed E-state index contributed by atoms with van der Waals surface area (Å²) < 4.78 is 5.40. The van der Waals surface area contributed by atoms with Crippen LogP contribution in [-0.4, -0.2) is 23.7 Å². The van der Waals surface area contributed by atoms with Crippen molar-refractivity contribution in [1.82, 2.24) is 0 Å². The van der Waals surface area contributed by atoms with E-state index in [2.05, 4.69) is 0 Å². The molecule has 0 heterocycles. The van der Waals surface area contributed by atoms with Crippen LogP contribution in [0.4, 0.5) is 0 Å². The normalized spacial score (nSPS) is 12.1. The Kier molecular flexibility index (Phi) is 4.79. The summed E-state index contributed by atoms with van der Waals surface area (Å²) in [4.78, 5) is 10.9. The van der Waals surface area contributed by atoms with Crippen molar-refractivity contribution >= 4 is 5.97 Å². The largest absolute Gasteiger partial charge is 0.479 e. The van der Waals surface area contributed by atoms with E-state index in [9.17, 15) is 4.79 Å². The highest BCUT2D eigenvalue weighted by atomic mass is 16.5. The Hall–Kier alpha value is -1.55. The van der Waals surface area contributed by atoms with Gasteiger partial charge in [0.1, 0.15) is 5.75 Å². The number of benzene rings is 1. The van der Waals surface area contributed by atoms with Gasteiger partial charge in [0.05, 0.1) is 0 Å². The lowest BCUT2D eigenvalue weighted by molar-refractivity contribution is -0.145. The molecule has 16 heavy (non-hydrogen) atoms. The molecule has 1 atom stereocenters. The highest BCUT2D eigenvalue weighted by molar-refractivity contribution is 5.72. The molecule has 0 amide bonds. The molecule has 88 valence electrons. The van der Waals surface area contributed by atoms with Crippen LogP contribution in [0.15, 0.2) is 24.3 Å². The molecule has 1 aromatic carbocycles. The smallest absolute Gasteiger partial charge is 0.344 e. The standard InChI is InChI=1S/C12H17NO3/c1-9-4-2-5-10(8-9)16-11(12(14)15)6-3-7-13/h2,4-5,8,11H,3,6-7,13H2,1H3,(H,14,15). The van der Waals surface area contributed by atoms with Crippen molar-refractivity contribution in [2.45, 2.75) is 25.9 Å². The third-order valence-electron chi connectivity index (χ3n) is 2.21. The van der Waals surface area contributed by atoms with Gasteiger partial charge >= 0.3 is 5.97 Å². The molecular formula is C12H17NO3. The summed E-state index contributed by atoms with van der Waals surface area (Å²) in [6.07, 6.45) is 0.257. The second-order valence-electron chi connectivity index (χ2n) is 3.69. The molecule has 0 spiro atoms. The predicted octanol–water partition coefficient (Wildman–Crippen LogP) is 1.57. The van der Waals surface area contributed by atoms with E-state index < -0.39 is 12.1 Å². The van der Waals surface area contributed by atoms with E-state index in [-0.39, 0.29) is 0 Å². The fraction of sp³-hybridized carbons (Fsp3) is 0.417. The summed E-state index contributed by atoms with van der Waals surface area (Å²) in [5.41, 5.74) is 6.39. The zero-order valence-corrected chi connectivity index (χ0v) is 9.35. The molecule has 0 fully saturated rings. The summed E-state index contributed by atoms with van der Waals surface area (Å²) >= 11 is 0. The van der Waals surface area contributed by atoms with Gasteiger partial charge in [-0.1, -0.05) is 12.1 Å². The molecule has 4 heteroatoms. The van der Waals surface area contributed by atoms with Gasteiger partial charge in [0.25, 0.3) is 0 Å². The number of carboxylic acids is 1. The minimum absolute atomic E-state index is 0.430. The van der Waals surface area contributed by atoms with Crippen LogP contribution in [0.1, 0.15) is 18.4 Å². The first kappa shape index (κ1) is 12.5. The van der Waals surface area contributed by atoms with Crippen LogP contribution >= 0.6 is 0 Å². The molecule has 1 aromatic rings. The Morgan fingerprint density at radius 2 is 2.31 bits per heavy atom. The molecule has 0 aliphatic carbocycles. The van der Waals surface area contributed by atoms with Gasteiger partial charge < -0.3 is 15.6 Å². The van der Waals surface area contributed by atoms with Crippen molar-refractivity contribution in [3.63, 3.8) is 0 Å². The number of ether oxygens (including phenoxy) is 1. The van der Waals surface area contributed by atoms with E-state index in [4.69, 9.17) is 15.6 Å². The molecule has 0 saturated carbocycles. The van der Waals surface area contributed by atoms with Crippen molar-refractivity contribution in [2.75, 3.05) is 6.54 Å². The van der Waals surface area contributed by atoms with Gasteiger partial charge in [0, 0.05) is 0 Å². The Balaban J connectivity index is 2.64. The van der Waals surface area contributed by atoms with Gasteiger partial charge in [0.2, 0.25) is 0 Å². The van der Waals surface area contributed by atoms with Crippen molar-refractivity contribution < 1.29 is 14.6 Å². The van der Waals surface area contributed by atoms with Crippen molar-refractivity contribution in [2.24, 2.45) is 5.73 Å². The Morgan fingerprint density at radius 1 is 1.56 bits per heavy atom. The Bertz CT molecular complexity index is 352. The minimum atomic E-state index is -0.949. The number of hydrogen-bond donors (Lipinski definition) is 2. The van der Waals surface area contributed by atoms with Gasteiger partial charge in [-0.15, -0.1) is 0 Å². The van der Waals surface area contributed by atoms with Crippen molar-refractivity contribution in [1.29, 1.82) is 0 Å². The monoisotopic (exact) mass is 223 g/mol. The topological polar surface area (TPSA) is 72.5 Å². The number of aryl methyl sites for hydroxylation is 1. The summed E-state index contributed by atoms with van der Waals surface area (Å²) in [5.74, 6) is -0.362. The fourth-order valence-corrected chi connectivity index (χ4v) is 1.39. The molecule has 0 aliphatic heterocycles. The van der Waals surface area contributed by atoms with Crippen LogP contribution in [0, 0.1) is 6.92 Å². The van der Waals surface area contributed by atoms with E-state index in [0.29, 0.717) is 25.1 Å². The fourth-order valence-electron chi connectivity index (χ4n) is 1.39. The number of carbonyl (C=O) groups is 1. The lowest BCUT2D eigenvalue weighted by Gasteiger charge is -2.14. The maximum Gasteiger partial charge on any atom is 0.344 e. The van der Waals surface area contributed by atoms with E-state index in [0.717, 1.165) is 5.56 Å². The Morgan fingerprint density at radius 3 is 2.88 bits per heavy atom. The maximum absolute atomic E-state index is 10.9. The van der Waals surface area contributed by atoms with Gasteiger partial charge in [-0.05, 0) is 44.0 Å². The molecule has 0 aromatic heterocycles. The molecule has 1 rings (SSSR count). The predicted molar refractivity (Wildman–Crippen MR) is 61.5 cm³/mol. The SMILES string of the molecule is Cc1cccc(OC(CCCN)C(=O)O)c1. The zero-order chi connectivity index (χ0) is 12.0. The molecule has 0 saturated heterocycles. The summed E-state index contributed by atoms with van der Waals surface area (Å²) in [6, 6.07) is 7.35. The van der Waals surface area contributed by atoms with E-state index in [1.807, 2.05) is 25.1 Å². The van der Waals surface area contributed by atoms with Crippen LogP contribution in [-0.2, 0) is 4.79 Å². The summed E-state index contributed by atoms with van der Waals surface area (Å²) in [5, 5.41) is 8.96. The van der Waals surface area contributed by atoms with E-state index in [1.54, 1.807) is 6.07 Å². The van der Waals surface area contributed by atoms with Crippen LogP contribution < -0.4 is 10.5 Å². The minimum Gasteiger partial charge on any atom is -0.479 e. The highest BCUT2D eigenvalue weighted by Gasteiger charge is 2.18. The number of rotatable bonds is 6. The van der Waals surface area contributed by atoms with Gasteiger partial charge in [-0.3, -0.25) is 0 Å². The number of nitrogens with two attached hydrogens (primary N) is 1. The number of carboxylic acid groups (broad SMARTS) is 1. The van der Waals surface area contributed by atoms with Gasteiger partial charge in [0.15, 0.2) is 6.10 Å². The average Bonchev–Trinajstić information content (AvgIpc) is 2.24. The first-order valence-corrected chi connectivity index (χ1v) is 5.29. The third kappa shape index (κ3) is 3.90. The molecule has 1 unspecified atom stereocenters. The van der Waals surface area contributed by atoms with Crippen LogP contribution in [0.3, 0.4) is 0 Å². The van der Waals surface area contributed by atoms with E-state index >= 15 is 0 Å². The molecule has 4 nitrogen and oxygen atoms in total. The molecule has 0 aliphatic rings. The quantitative estimate of drug-likeness (QED) is 0.767. The lowest BCUT2D eigenvalue weighted by atomic mass is 10.2. The molecular weight excluding hydrogens is 206 g/mol. The van der Waals surface area contributed by atoms with Crippen molar-refractivity contribution in [3.8, 4) is 5.75 Å². The maximum atomic E-state index is 10.9. The van der Waals surface area contributed by atoms with Gasteiger partial charge in [-0.25, -0.2) is 4.79 Å². The second kappa shape index (κ2) is 6.12. The average molecular weight is 223 g/mol. The first-order valence-electron chi connectivity index (χ1n) is 5.29. The molecule has 3 N–H and O–H groups in total. The third-order valence-corrected chi connectivity index (χ3v) is 2.21. The van der Waals surface area contributed by atoms with Crippen LogP contribution in [0.5, 0.6) is 5.75 Å². The zero-order valence-electron chi connectivity index (χ0n) is 9.35. The number of hydrogen-bond acceptors (Lipinski definition) is 3.